The molecule has 0 aliphatic carbocycles. The van der Waals surface area contributed by atoms with Crippen LogP contribution >= 0.6 is 0 Å². The first-order valence-electron chi connectivity index (χ1n) is 5.60. The average Bonchev–Trinajstić information content (AvgIpc) is 2.40. The van der Waals surface area contributed by atoms with Crippen LogP contribution in [-0.4, -0.2) is 0 Å². The van der Waals surface area contributed by atoms with Crippen molar-refractivity contribution in [1.82, 2.24) is 0 Å². The van der Waals surface area contributed by atoms with E-state index in [2.05, 4.69) is 0 Å². The highest BCUT2D eigenvalue weighted by molar-refractivity contribution is 5.37. The van der Waals surface area contributed by atoms with Gasteiger partial charge in [0.1, 0.15) is 5.82 Å². The molecular weight excluding hydrogens is 229 g/mol. The van der Waals surface area contributed by atoms with Gasteiger partial charge in [0.15, 0.2) is 0 Å². The van der Waals surface area contributed by atoms with Gasteiger partial charge in [0.2, 0.25) is 0 Å². The largest absolute Gasteiger partial charge is 0.372 e. The van der Waals surface area contributed by atoms with E-state index in [4.69, 9.17) is 10.00 Å². The number of nitriles is 1. The first-order valence-corrected chi connectivity index (χ1v) is 5.60. The lowest BCUT2D eigenvalue weighted by atomic mass is 10.1. The van der Waals surface area contributed by atoms with E-state index in [9.17, 15) is 4.39 Å². The van der Waals surface area contributed by atoms with E-state index in [-0.39, 0.29) is 12.4 Å². The molecule has 0 bridgehead atoms. The van der Waals surface area contributed by atoms with Crippen LogP contribution in [0.1, 0.15) is 16.7 Å². The van der Waals surface area contributed by atoms with E-state index in [0.717, 1.165) is 5.56 Å². The fraction of sp³-hybridized carbons (Fsp3) is 0.133. The molecule has 0 spiro atoms. The highest BCUT2D eigenvalue weighted by Gasteiger charge is 2.04. The zero-order valence-electron chi connectivity index (χ0n) is 9.77. The standard InChI is InChI=1S/C15H12FNO/c16-15-7-6-13(9-17)14(8-15)11-18-10-12-4-2-1-3-5-12/h1-8H,10-11H2. The Morgan fingerprint density at radius 1 is 1.06 bits per heavy atom. The third-order valence-electron chi connectivity index (χ3n) is 2.56. The van der Waals surface area contributed by atoms with Gasteiger partial charge in [0.25, 0.3) is 0 Å². The Kier molecular flexibility index (Phi) is 4.06. The van der Waals surface area contributed by atoms with Crippen molar-refractivity contribution >= 4 is 0 Å². The fourth-order valence-corrected chi connectivity index (χ4v) is 1.64. The van der Waals surface area contributed by atoms with Gasteiger partial charge < -0.3 is 4.74 Å². The summed E-state index contributed by atoms with van der Waals surface area (Å²) >= 11 is 0. The number of hydrogen-bond acceptors (Lipinski definition) is 2. The number of ether oxygens (including phenoxy) is 1. The molecule has 0 amide bonds. The molecule has 0 saturated carbocycles. The number of hydrogen-bond donors (Lipinski definition) is 0. The van der Waals surface area contributed by atoms with Gasteiger partial charge in [-0.1, -0.05) is 30.3 Å². The summed E-state index contributed by atoms with van der Waals surface area (Å²) in [5, 5.41) is 8.90. The summed E-state index contributed by atoms with van der Waals surface area (Å²) in [5.74, 6) is -0.354. The van der Waals surface area contributed by atoms with Gasteiger partial charge >= 0.3 is 0 Å². The average molecular weight is 241 g/mol. The maximum atomic E-state index is 13.1. The lowest BCUT2D eigenvalue weighted by Gasteiger charge is -2.06. The Morgan fingerprint density at radius 2 is 1.83 bits per heavy atom. The Bertz CT molecular complexity index is 560. The van der Waals surface area contributed by atoms with Crippen molar-refractivity contribution in [3.05, 3.63) is 71.0 Å². The van der Waals surface area contributed by atoms with Crippen LogP contribution in [0.25, 0.3) is 0 Å². The molecule has 0 aliphatic heterocycles. The lowest BCUT2D eigenvalue weighted by Crippen LogP contribution is -1.97. The van der Waals surface area contributed by atoms with Crippen molar-refractivity contribution in [3.63, 3.8) is 0 Å². The van der Waals surface area contributed by atoms with Crippen LogP contribution in [0, 0.1) is 17.1 Å². The molecule has 0 aliphatic rings. The maximum Gasteiger partial charge on any atom is 0.123 e. The van der Waals surface area contributed by atoms with Crippen molar-refractivity contribution in [1.29, 1.82) is 5.26 Å². The number of rotatable bonds is 4. The maximum absolute atomic E-state index is 13.1. The second kappa shape index (κ2) is 5.95. The van der Waals surface area contributed by atoms with Gasteiger partial charge in [0.05, 0.1) is 24.8 Å². The monoisotopic (exact) mass is 241 g/mol. The minimum Gasteiger partial charge on any atom is -0.372 e. The Labute approximate surface area is 105 Å². The molecule has 0 aromatic heterocycles. The molecule has 3 heteroatoms. The molecule has 2 nitrogen and oxygen atoms in total. The van der Waals surface area contributed by atoms with Gasteiger partial charge in [-0.3, -0.25) is 0 Å². The molecule has 0 atom stereocenters. The second-order valence-electron chi connectivity index (χ2n) is 3.89. The quantitative estimate of drug-likeness (QED) is 0.821. The molecule has 0 N–H and O–H groups in total. The van der Waals surface area contributed by atoms with E-state index in [1.165, 1.54) is 18.2 Å². The predicted octanol–water partition coefficient (Wildman–Crippen LogP) is 3.41. The smallest absolute Gasteiger partial charge is 0.123 e. The van der Waals surface area contributed by atoms with Crippen molar-refractivity contribution in [3.8, 4) is 6.07 Å². The van der Waals surface area contributed by atoms with E-state index >= 15 is 0 Å². The van der Waals surface area contributed by atoms with Crippen molar-refractivity contribution in [2.45, 2.75) is 13.2 Å². The van der Waals surface area contributed by atoms with Crippen LogP contribution in [0.3, 0.4) is 0 Å². The summed E-state index contributed by atoms with van der Waals surface area (Å²) in [6.07, 6.45) is 0. The molecule has 0 fully saturated rings. The topological polar surface area (TPSA) is 33.0 Å². The second-order valence-corrected chi connectivity index (χ2v) is 3.89. The summed E-state index contributed by atoms with van der Waals surface area (Å²) in [5.41, 5.74) is 2.07. The van der Waals surface area contributed by atoms with Crippen LogP contribution in [0.15, 0.2) is 48.5 Å². The molecule has 0 radical (unpaired) electrons. The van der Waals surface area contributed by atoms with Crippen LogP contribution < -0.4 is 0 Å². The SMILES string of the molecule is N#Cc1ccc(F)cc1COCc1ccccc1. The Morgan fingerprint density at radius 3 is 2.56 bits per heavy atom. The van der Waals surface area contributed by atoms with E-state index in [1.54, 1.807) is 0 Å². The molecule has 0 unspecified atom stereocenters. The summed E-state index contributed by atoms with van der Waals surface area (Å²) in [6, 6.07) is 15.8. The summed E-state index contributed by atoms with van der Waals surface area (Å²) in [4.78, 5) is 0. The van der Waals surface area contributed by atoms with E-state index in [0.29, 0.717) is 17.7 Å². The van der Waals surface area contributed by atoms with Gasteiger partial charge in [-0.05, 0) is 29.3 Å². The Hall–Kier alpha value is -2.18. The van der Waals surface area contributed by atoms with Crippen molar-refractivity contribution in [2.75, 3.05) is 0 Å². The number of halogens is 1. The third-order valence-corrected chi connectivity index (χ3v) is 2.56. The third kappa shape index (κ3) is 3.16. The van der Waals surface area contributed by atoms with Crippen LogP contribution in [0.5, 0.6) is 0 Å². The molecule has 18 heavy (non-hydrogen) atoms. The highest BCUT2D eigenvalue weighted by Crippen LogP contribution is 2.12. The minimum absolute atomic E-state index is 0.232. The van der Waals surface area contributed by atoms with Gasteiger partial charge in [-0.25, -0.2) is 4.39 Å². The highest BCUT2D eigenvalue weighted by atomic mass is 19.1. The first kappa shape index (κ1) is 12.3. The Balaban J connectivity index is 1.98. The van der Waals surface area contributed by atoms with Gasteiger partial charge in [0, 0.05) is 0 Å². The van der Waals surface area contributed by atoms with Crippen molar-refractivity contribution < 1.29 is 9.13 Å². The molecular formula is C15H12FNO. The van der Waals surface area contributed by atoms with E-state index < -0.39 is 0 Å². The van der Waals surface area contributed by atoms with E-state index in [1.807, 2.05) is 36.4 Å². The molecule has 0 saturated heterocycles. The molecule has 2 aromatic rings. The zero-order chi connectivity index (χ0) is 12.8. The normalized spacial score (nSPS) is 10.0. The fourth-order valence-electron chi connectivity index (χ4n) is 1.64. The summed E-state index contributed by atoms with van der Waals surface area (Å²) in [6.45, 7) is 0.678. The summed E-state index contributed by atoms with van der Waals surface area (Å²) in [7, 11) is 0. The zero-order valence-corrected chi connectivity index (χ0v) is 9.77. The first-order chi connectivity index (χ1) is 8.79. The number of nitrogens with zero attached hydrogens (tertiary/aromatic N) is 1. The van der Waals surface area contributed by atoms with Crippen LogP contribution in [0.4, 0.5) is 4.39 Å². The number of benzene rings is 2. The van der Waals surface area contributed by atoms with Gasteiger partial charge in [-0.2, -0.15) is 5.26 Å². The lowest BCUT2D eigenvalue weighted by molar-refractivity contribution is 0.107. The molecule has 2 aromatic carbocycles. The molecule has 90 valence electrons. The van der Waals surface area contributed by atoms with Crippen LogP contribution in [0.2, 0.25) is 0 Å². The van der Waals surface area contributed by atoms with Crippen molar-refractivity contribution in [2.24, 2.45) is 0 Å². The van der Waals surface area contributed by atoms with Gasteiger partial charge in [-0.15, -0.1) is 0 Å². The minimum atomic E-state index is -0.354. The molecule has 2 rings (SSSR count). The van der Waals surface area contributed by atoms with Crippen LogP contribution in [-0.2, 0) is 18.0 Å². The molecule has 0 heterocycles. The summed E-state index contributed by atoms with van der Waals surface area (Å²) < 4.78 is 18.6. The predicted molar refractivity (Wildman–Crippen MR) is 66.1 cm³/mol.